The summed E-state index contributed by atoms with van der Waals surface area (Å²) in [6, 6.07) is 22.9. The normalized spacial score (nSPS) is 11.7. The van der Waals surface area contributed by atoms with Crippen molar-refractivity contribution >= 4 is 0 Å². The molecule has 0 aliphatic rings. The molecule has 2 aromatic carbocycles. The van der Waals surface area contributed by atoms with E-state index >= 15 is 0 Å². The van der Waals surface area contributed by atoms with Crippen LogP contribution in [0, 0.1) is 11.3 Å². The largest absolute Gasteiger partial charge is 0.309 e. The summed E-state index contributed by atoms with van der Waals surface area (Å²) in [5.74, 6) is 0. The maximum absolute atomic E-state index is 8.92. The second kappa shape index (κ2) is 7.35. The van der Waals surface area contributed by atoms with Crippen LogP contribution in [-0.2, 0) is 6.42 Å². The summed E-state index contributed by atoms with van der Waals surface area (Å²) < 4.78 is 0. The lowest BCUT2D eigenvalue weighted by Gasteiger charge is -2.16. The first-order chi connectivity index (χ1) is 9.40. The lowest BCUT2D eigenvalue weighted by atomic mass is 10.0. The van der Waals surface area contributed by atoms with Crippen molar-refractivity contribution in [1.29, 1.82) is 5.26 Å². The van der Waals surface area contributed by atoms with Crippen molar-refractivity contribution in [1.82, 2.24) is 5.32 Å². The zero-order chi connectivity index (χ0) is 13.3. The Balaban J connectivity index is 1.90. The molecule has 0 radical (unpaired) electrons. The zero-order valence-corrected chi connectivity index (χ0v) is 10.9. The van der Waals surface area contributed by atoms with Gasteiger partial charge in [0.05, 0.1) is 12.5 Å². The molecule has 2 heteroatoms. The van der Waals surface area contributed by atoms with Crippen LogP contribution in [-0.4, -0.2) is 6.54 Å². The SMILES string of the molecule is N#CCC(NCCc1ccccc1)c1ccccc1. The van der Waals surface area contributed by atoms with Crippen LogP contribution in [0.1, 0.15) is 23.6 Å². The molecule has 0 aliphatic carbocycles. The van der Waals surface area contributed by atoms with Gasteiger partial charge in [-0.05, 0) is 24.1 Å². The number of nitrogens with one attached hydrogen (secondary N) is 1. The molecule has 0 fully saturated rings. The van der Waals surface area contributed by atoms with Crippen LogP contribution < -0.4 is 5.32 Å². The zero-order valence-electron chi connectivity index (χ0n) is 10.9. The summed E-state index contributed by atoms with van der Waals surface area (Å²) in [5.41, 5.74) is 2.50. The van der Waals surface area contributed by atoms with Gasteiger partial charge in [-0.1, -0.05) is 60.7 Å². The maximum atomic E-state index is 8.92. The third-order valence-electron chi connectivity index (χ3n) is 3.14. The summed E-state index contributed by atoms with van der Waals surface area (Å²) >= 11 is 0. The molecule has 0 spiro atoms. The Bertz CT molecular complexity index is 514. The lowest BCUT2D eigenvalue weighted by molar-refractivity contribution is 0.545. The van der Waals surface area contributed by atoms with Crippen molar-refractivity contribution in [3.8, 4) is 6.07 Å². The minimum atomic E-state index is 0.120. The van der Waals surface area contributed by atoms with Gasteiger partial charge in [0.25, 0.3) is 0 Å². The highest BCUT2D eigenvalue weighted by Gasteiger charge is 2.09. The second-order valence-corrected chi connectivity index (χ2v) is 4.52. The van der Waals surface area contributed by atoms with E-state index in [0.29, 0.717) is 6.42 Å². The van der Waals surface area contributed by atoms with E-state index in [1.807, 2.05) is 24.3 Å². The van der Waals surface area contributed by atoms with E-state index in [4.69, 9.17) is 5.26 Å². The topological polar surface area (TPSA) is 35.8 Å². The summed E-state index contributed by atoms with van der Waals surface area (Å²) in [6.07, 6.45) is 1.48. The molecule has 96 valence electrons. The van der Waals surface area contributed by atoms with Gasteiger partial charge in [-0.25, -0.2) is 0 Å². The molecule has 2 aromatic rings. The first-order valence-electron chi connectivity index (χ1n) is 6.59. The number of rotatable bonds is 6. The third kappa shape index (κ3) is 4.24. The van der Waals surface area contributed by atoms with E-state index in [0.717, 1.165) is 13.0 Å². The Morgan fingerprint density at radius 3 is 2.21 bits per heavy atom. The molecule has 0 aliphatic heterocycles. The predicted molar refractivity (Wildman–Crippen MR) is 77.6 cm³/mol. The molecule has 2 nitrogen and oxygen atoms in total. The standard InChI is InChI=1S/C17H18N2/c18-13-11-17(16-9-5-2-6-10-16)19-14-12-15-7-3-1-4-8-15/h1-10,17,19H,11-12,14H2. The predicted octanol–water partition coefficient (Wildman–Crippen LogP) is 3.47. The Kier molecular flexibility index (Phi) is 5.16. The second-order valence-electron chi connectivity index (χ2n) is 4.52. The van der Waals surface area contributed by atoms with Crippen molar-refractivity contribution in [3.05, 3.63) is 71.8 Å². The van der Waals surface area contributed by atoms with Gasteiger partial charge in [0.15, 0.2) is 0 Å². The molecule has 0 amide bonds. The van der Waals surface area contributed by atoms with Gasteiger partial charge in [-0.3, -0.25) is 0 Å². The lowest BCUT2D eigenvalue weighted by Crippen LogP contribution is -2.23. The minimum Gasteiger partial charge on any atom is -0.309 e. The van der Waals surface area contributed by atoms with Crippen LogP contribution in [0.25, 0.3) is 0 Å². The average molecular weight is 250 g/mol. The summed E-state index contributed by atoms with van der Waals surface area (Å²) in [5, 5.41) is 12.4. The highest BCUT2D eigenvalue weighted by molar-refractivity contribution is 5.20. The Labute approximate surface area is 114 Å². The summed E-state index contributed by atoms with van der Waals surface area (Å²) in [4.78, 5) is 0. The molecule has 0 aromatic heterocycles. The monoisotopic (exact) mass is 250 g/mol. The van der Waals surface area contributed by atoms with Gasteiger partial charge in [-0.2, -0.15) is 5.26 Å². The van der Waals surface area contributed by atoms with Crippen LogP contribution in [0.5, 0.6) is 0 Å². The van der Waals surface area contributed by atoms with Crippen LogP contribution in [0.4, 0.5) is 0 Å². The van der Waals surface area contributed by atoms with E-state index in [1.54, 1.807) is 0 Å². The molecule has 1 atom stereocenters. The van der Waals surface area contributed by atoms with E-state index in [1.165, 1.54) is 11.1 Å². The number of benzene rings is 2. The van der Waals surface area contributed by atoms with Gasteiger partial charge >= 0.3 is 0 Å². The summed E-state index contributed by atoms with van der Waals surface area (Å²) in [6.45, 7) is 0.880. The smallest absolute Gasteiger partial charge is 0.0641 e. The first-order valence-corrected chi connectivity index (χ1v) is 6.59. The van der Waals surface area contributed by atoms with Crippen molar-refractivity contribution in [2.75, 3.05) is 6.54 Å². The van der Waals surface area contributed by atoms with E-state index in [2.05, 4.69) is 47.8 Å². The Morgan fingerprint density at radius 2 is 1.58 bits per heavy atom. The van der Waals surface area contributed by atoms with Crippen molar-refractivity contribution in [2.24, 2.45) is 0 Å². The molecule has 0 heterocycles. The van der Waals surface area contributed by atoms with E-state index < -0.39 is 0 Å². The van der Waals surface area contributed by atoms with Crippen molar-refractivity contribution < 1.29 is 0 Å². The summed E-state index contributed by atoms with van der Waals surface area (Å²) in [7, 11) is 0. The van der Waals surface area contributed by atoms with Crippen molar-refractivity contribution in [3.63, 3.8) is 0 Å². The number of hydrogen-bond donors (Lipinski definition) is 1. The van der Waals surface area contributed by atoms with Gasteiger partial charge in [0.2, 0.25) is 0 Å². The molecule has 0 saturated heterocycles. The van der Waals surface area contributed by atoms with Crippen molar-refractivity contribution in [2.45, 2.75) is 18.9 Å². The average Bonchev–Trinajstić information content (AvgIpc) is 2.48. The minimum absolute atomic E-state index is 0.120. The van der Waals surface area contributed by atoms with E-state index in [-0.39, 0.29) is 6.04 Å². The fourth-order valence-corrected chi connectivity index (χ4v) is 2.12. The van der Waals surface area contributed by atoms with Gasteiger partial charge < -0.3 is 5.32 Å². The molecule has 19 heavy (non-hydrogen) atoms. The maximum Gasteiger partial charge on any atom is 0.0641 e. The highest BCUT2D eigenvalue weighted by Crippen LogP contribution is 2.15. The number of nitrogens with zero attached hydrogens (tertiary/aromatic N) is 1. The quantitative estimate of drug-likeness (QED) is 0.852. The van der Waals surface area contributed by atoms with Gasteiger partial charge in [0.1, 0.15) is 0 Å². The van der Waals surface area contributed by atoms with Crippen LogP contribution in [0.15, 0.2) is 60.7 Å². The van der Waals surface area contributed by atoms with Gasteiger partial charge in [-0.15, -0.1) is 0 Å². The van der Waals surface area contributed by atoms with E-state index in [9.17, 15) is 0 Å². The van der Waals surface area contributed by atoms with Crippen LogP contribution in [0.2, 0.25) is 0 Å². The third-order valence-corrected chi connectivity index (χ3v) is 3.14. The molecular weight excluding hydrogens is 232 g/mol. The molecule has 2 rings (SSSR count). The van der Waals surface area contributed by atoms with Gasteiger partial charge in [0, 0.05) is 6.04 Å². The highest BCUT2D eigenvalue weighted by atomic mass is 14.9. The Morgan fingerprint density at radius 1 is 0.947 bits per heavy atom. The molecule has 0 saturated carbocycles. The molecule has 0 bridgehead atoms. The molecular formula is C17H18N2. The number of nitriles is 1. The fourth-order valence-electron chi connectivity index (χ4n) is 2.12. The van der Waals surface area contributed by atoms with Crippen LogP contribution in [0.3, 0.4) is 0 Å². The molecule has 1 unspecified atom stereocenters. The molecule has 1 N–H and O–H groups in total. The number of hydrogen-bond acceptors (Lipinski definition) is 2. The fraction of sp³-hybridized carbons (Fsp3) is 0.235. The Hall–Kier alpha value is -2.11. The van der Waals surface area contributed by atoms with Crippen LogP contribution >= 0.6 is 0 Å². The first kappa shape index (κ1) is 13.3.